The van der Waals surface area contributed by atoms with Crippen molar-refractivity contribution in [3.63, 3.8) is 0 Å². The lowest BCUT2D eigenvalue weighted by Crippen LogP contribution is -2.23. The van der Waals surface area contributed by atoms with Gasteiger partial charge in [-0.25, -0.2) is 15.0 Å². The molecule has 0 N–H and O–H groups in total. The molecule has 0 aliphatic rings. The third kappa shape index (κ3) is 2.84. The summed E-state index contributed by atoms with van der Waals surface area (Å²) < 4.78 is 7.03. The Bertz CT molecular complexity index is 1220. The molecule has 1 amide bonds. The standard InChI is InChI=1S/C20H18ClN5O2/c1-25(2)20(27)17-16-13-7-6-12(21)9-14(13)26(3)19(16)24-18(23-17)11-5-8-15(28-4)22-10-11/h5-10H,1-4H3. The predicted octanol–water partition coefficient (Wildman–Crippen LogP) is 3.55. The van der Waals surface area contributed by atoms with Crippen LogP contribution in [-0.2, 0) is 7.05 Å². The number of pyridine rings is 1. The number of aromatic nitrogens is 4. The maximum absolute atomic E-state index is 12.9. The molecule has 142 valence electrons. The van der Waals surface area contributed by atoms with Crippen LogP contribution in [-0.4, -0.2) is 51.5 Å². The Morgan fingerprint density at radius 1 is 1.18 bits per heavy atom. The molecule has 4 aromatic rings. The van der Waals surface area contributed by atoms with Gasteiger partial charge in [0.05, 0.1) is 18.0 Å². The van der Waals surface area contributed by atoms with Crippen LogP contribution in [0.4, 0.5) is 0 Å². The van der Waals surface area contributed by atoms with E-state index in [-0.39, 0.29) is 5.91 Å². The van der Waals surface area contributed by atoms with E-state index in [0.29, 0.717) is 39.0 Å². The number of halogens is 1. The van der Waals surface area contributed by atoms with Crippen LogP contribution in [0.1, 0.15) is 10.5 Å². The molecule has 0 saturated carbocycles. The van der Waals surface area contributed by atoms with Crippen LogP contribution >= 0.6 is 11.6 Å². The van der Waals surface area contributed by atoms with Crippen molar-refractivity contribution in [1.29, 1.82) is 0 Å². The van der Waals surface area contributed by atoms with Gasteiger partial charge in [-0.05, 0) is 18.2 Å². The number of hydrogen-bond donors (Lipinski definition) is 0. The molecule has 0 bridgehead atoms. The summed E-state index contributed by atoms with van der Waals surface area (Å²) in [7, 11) is 6.85. The molecule has 8 heteroatoms. The summed E-state index contributed by atoms with van der Waals surface area (Å²) in [5.41, 5.74) is 2.57. The summed E-state index contributed by atoms with van der Waals surface area (Å²) in [4.78, 5) is 28.0. The number of carbonyl (C=O) groups is 1. The highest BCUT2D eigenvalue weighted by atomic mass is 35.5. The fraction of sp³-hybridized carbons (Fsp3) is 0.200. The second-order valence-electron chi connectivity index (χ2n) is 6.60. The van der Waals surface area contributed by atoms with E-state index in [4.69, 9.17) is 21.3 Å². The summed E-state index contributed by atoms with van der Waals surface area (Å²) in [6.07, 6.45) is 1.63. The second-order valence-corrected chi connectivity index (χ2v) is 7.04. The molecule has 0 fully saturated rings. The van der Waals surface area contributed by atoms with Crippen LogP contribution in [0.3, 0.4) is 0 Å². The fourth-order valence-corrected chi connectivity index (χ4v) is 3.34. The Morgan fingerprint density at radius 3 is 2.61 bits per heavy atom. The van der Waals surface area contributed by atoms with Crippen molar-refractivity contribution >= 4 is 39.4 Å². The lowest BCUT2D eigenvalue weighted by molar-refractivity contribution is 0.0824. The van der Waals surface area contributed by atoms with Crippen molar-refractivity contribution in [3.8, 4) is 17.3 Å². The quantitative estimate of drug-likeness (QED) is 0.530. The van der Waals surface area contributed by atoms with Crippen LogP contribution in [0.5, 0.6) is 5.88 Å². The monoisotopic (exact) mass is 395 g/mol. The highest BCUT2D eigenvalue weighted by molar-refractivity contribution is 6.31. The van der Waals surface area contributed by atoms with Gasteiger partial charge in [0.15, 0.2) is 5.82 Å². The fourth-order valence-electron chi connectivity index (χ4n) is 3.18. The number of aryl methyl sites for hydroxylation is 1. The predicted molar refractivity (Wildman–Crippen MR) is 109 cm³/mol. The molecule has 0 aliphatic heterocycles. The zero-order valence-electron chi connectivity index (χ0n) is 15.9. The minimum Gasteiger partial charge on any atom is -0.481 e. The first-order valence-electron chi connectivity index (χ1n) is 8.58. The van der Waals surface area contributed by atoms with E-state index in [1.54, 1.807) is 39.5 Å². The van der Waals surface area contributed by atoms with E-state index in [1.807, 2.05) is 29.8 Å². The summed E-state index contributed by atoms with van der Waals surface area (Å²) in [6.45, 7) is 0. The molecule has 0 unspecified atom stereocenters. The van der Waals surface area contributed by atoms with Gasteiger partial charge in [-0.3, -0.25) is 4.79 Å². The number of amides is 1. The highest BCUT2D eigenvalue weighted by Crippen LogP contribution is 2.33. The number of benzene rings is 1. The molecule has 3 heterocycles. The maximum atomic E-state index is 12.9. The number of nitrogens with zero attached hydrogens (tertiary/aromatic N) is 5. The molecule has 0 radical (unpaired) electrons. The minimum absolute atomic E-state index is 0.197. The van der Waals surface area contributed by atoms with Crippen LogP contribution in [0.25, 0.3) is 33.3 Å². The molecule has 3 aromatic heterocycles. The molecule has 0 atom stereocenters. The molecule has 1 aromatic carbocycles. The average Bonchev–Trinajstić information content (AvgIpc) is 2.98. The number of hydrogen-bond acceptors (Lipinski definition) is 5. The van der Waals surface area contributed by atoms with Crippen molar-refractivity contribution < 1.29 is 9.53 Å². The van der Waals surface area contributed by atoms with Crippen molar-refractivity contribution in [2.24, 2.45) is 7.05 Å². The first-order valence-corrected chi connectivity index (χ1v) is 8.96. The van der Waals surface area contributed by atoms with E-state index in [9.17, 15) is 4.79 Å². The van der Waals surface area contributed by atoms with Gasteiger partial charge >= 0.3 is 0 Å². The summed E-state index contributed by atoms with van der Waals surface area (Å²) >= 11 is 6.18. The number of ether oxygens (including phenoxy) is 1. The molecule has 0 saturated heterocycles. The van der Waals surface area contributed by atoms with E-state index < -0.39 is 0 Å². The van der Waals surface area contributed by atoms with E-state index >= 15 is 0 Å². The SMILES string of the molecule is COc1ccc(-c2nc(C(=O)N(C)C)c3c4ccc(Cl)cc4n(C)c3n2)cn1. The Morgan fingerprint density at radius 2 is 1.96 bits per heavy atom. The Labute approximate surface area is 166 Å². The smallest absolute Gasteiger partial charge is 0.272 e. The third-order valence-corrected chi connectivity index (χ3v) is 4.85. The van der Waals surface area contributed by atoms with Gasteiger partial charge in [0.2, 0.25) is 5.88 Å². The summed E-state index contributed by atoms with van der Waals surface area (Å²) in [6, 6.07) is 9.10. The highest BCUT2D eigenvalue weighted by Gasteiger charge is 2.22. The van der Waals surface area contributed by atoms with Gasteiger partial charge in [0.25, 0.3) is 5.91 Å². The zero-order chi connectivity index (χ0) is 20.0. The van der Waals surface area contributed by atoms with Crippen LogP contribution < -0.4 is 4.74 Å². The number of carbonyl (C=O) groups excluding carboxylic acids is 1. The van der Waals surface area contributed by atoms with Crippen molar-refractivity contribution in [3.05, 3.63) is 47.2 Å². The summed E-state index contributed by atoms with van der Waals surface area (Å²) in [5.74, 6) is 0.719. The minimum atomic E-state index is -0.197. The molecule has 0 spiro atoms. The molecular weight excluding hydrogens is 378 g/mol. The number of methoxy groups -OCH3 is 1. The maximum Gasteiger partial charge on any atom is 0.272 e. The van der Waals surface area contributed by atoms with Crippen molar-refractivity contribution in [2.45, 2.75) is 0 Å². The Hall–Kier alpha value is -3.19. The van der Waals surface area contributed by atoms with Gasteiger partial charge in [-0.2, -0.15) is 0 Å². The first kappa shape index (κ1) is 18.2. The largest absolute Gasteiger partial charge is 0.481 e. The average molecular weight is 396 g/mol. The number of rotatable bonds is 3. The van der Waals surface area contributed by atoms with Crippen LogP contribution in [0.15, 0.2) is 36.5 Å². The molecular formula is C20H18ClN5O2. The van der Waals surface area contributed by atoms with Gasteiger partial charge in [-0.1, -0.05) is 17.7 Å². The Kier molecular flexibility index (Phi) is 4.39. The molecule has 4 rings (SSSR count). The molecule has 0 aliphatic carbocycles. The molecule has 28 heavy (non-hydrogen) atoms. The zero-order valence-corrected chi connectivity index (χ0v) is 16.7. The lowest BCUT2D eigenvalue weighted by Gasteiger charge is -2.12. The van der Waals surface area contributed by atoms with Crippen molar-refractivity contribution in [1.82, 2.24) is 24.4 Å². The second kappa shape index (κ2) is 6.76. The van der Waals surface area contributed by atoms with Gasteiger partial charge in [0, 0.05) is 49.4 Å². The lowest BCUT2D eigenvalue weighted by atomic mass is 10.1. The molecule has 7 nitrogen and oxygen atoms in total. The van der Waals surface area contributed by atoms with Crippen molar-refractivity contribution in [2.75, 3.05) is 21.2 Å². The third-order valence-electron chi connectivity index (χ3n) is 4.61. The summed E-state index contributed by atoms with van der Waals surface area (Å²) in [5, 5.41) is 2.20. The van der Waals surface area contributed by atoms with E-state index in [2.05, 4.69) is 9.97 Å². The van der Waals surface area contributed by atoms with Gasteiger partial charge in [0.1, 0.15) is 11.3 Å². The van der Waals surface area contributed by atoms with Crippen LogP contribution in [0, 0.1) is 0 Å². The number of fused-ring (bicyclic) bond motifs is 3. The topological polar surface area (TPSA) is 73.1 Å². The first-order chi connectivity index (χ1) is 13.4. The van der Waals surface area contributed by atoms with Gasteiger partial charge < -0.3 is 14.2 Å². The normalized spacial score (nSPS) is 11.2. The Balaban J connectivity index is 2.07. The van der Waals surface area contributed by atoms with E-state index in [0.717, 1.165) is 10.9 Å². The van der Waals surface area contributed by atoms with E-state index in [1.165, 1.54) is 4.90 Å². The van der Waals surface area contributed by atoms with Crippen LogP contribution in [0.2, 0.25) is 5.02 Å². The van der Waals surface area contributed by atoms with Gasteiger partial charge in [-0.15, -0.1) is 0 Å².